The molecule has 0 aliphatic carbocycles. The van der Waals surface area contributed by atoms with Gasteiger partial charge in [0, 0.05) is 13.1 Å². The molecule has 2 bridgehead atoms. The minimum absolute atomic E-state index is 0.208. The number of esters is 1. The normalized spacial score (nSPS) is 29.2. The number of amides is 2. The summed E-state index contributed by atoms with van der Waals surface area (Å²) in [6, 6.07) is 8.05. The third-order valence-electron chi connectivity index (χ3n) is 7.89. The maximum atomic E-state index is 14.2. The van der Waals surface area contributed by atoms with Crippen LogP contribution in [0.4, 0.5) is 0 Å². The Kier molecular flexibility index (Phi) is 8.15. The van der Waals surface area contributed by atoms with Gasteiger partial charge in [-0.1, -0.05) is 49.8 Å². The monoisotopic (exact) mass is 498 g/mol. The molecule has 1 spiro atoms. The second kappa shape index (κ2) is 11.1. The van der Waals surface area contributed by atoms with E-state index >= 15 is 0 Å². The van der Waals surface area contributed by atoms with Gasteiger partial charge in [-0.3, -0.25) is 14.4 Å². The van der Waals surface area contributed by atoms with E-state index in [-0.39, 0.29) is 25.0 Å². The van der Waals surface area contributed by atoms with Crippen molar-refractivity contribution >= 4 is 17.8 Å². The van der Waals surface area contributed by atoms with Crippen LogP contribution in [0.3, 0.4) is 0 Å². The van der Waals surface area contributed by atoms with Crippen molar-refractivity contribution in [2.75, 3.05) is 26.3 Å². The van der Waals surface area contributed by atoms with Crippen LogP contribution < -0.4 is 0 Å². The standard InChI is InChI=1S/C28H38N2O6/c1-4-7-16-29(15-5-2)26(33)24-28-14-13-21(36-28)22(27(34)35-6-3)23(28)25(32)30(24)20(18-31)17-19-11-9-8-10-12-19/h5,8-12,20-24,31H,2,4,6-7,13-18H2,1,3H3/t20-,21-,22+,23+,24?,28?/m1/s1. The number of carbonyl (C=O) groups excluding carboxylic acids is 3. The van der Waals surface area contributed by atoms with Crippen LogP contribution in [0.2, 0.25) is 0 Å². The van der Waals surface area contributed by atoms with Gasteiger partial charge in [-0.2, -0.15) is 0 Å². The zero-order chi connectivity index (χ0) is 25.9. The largest absolute Gasteiger partial charge is 0.466 e. The number of fused-ring (bicyclic) bond motifs is 1. The van der Waals surface area contributed by atoms with E-state index in [1.165, 1.54) is 4.90 Å². The van der Waals surface area contributed by atoms with Crippen LogP contribution in [0.15, 0.2) is 43.0 Å². The van der Waals surface area contributed by atoms with Crippen molar-refractivity contribution in [2.45, 2.75) is 69.7 Å². The zero-order valence-electron chi connectivity index (χ0n) is 21.3. The van der Waals surface area contributed by atoms with Crippen molar-refractivity contribution in [1.82, 2.24) is 9.80 Å². The van der Waals surface area contributed by atoms with E-state index in [0.717, 1.165) is 18.4 Å². The third-order valence-corrected chi connectivity index (χ3v) is 7.89. The lowest BCUT2D eigenvalue weighted by Crippen LogP contribution is -2.59. The second-order valence-electron chi connectivity index (χ2n) is 10.0. The Morgan fingerprint density at radius 2 is 2.08 bits per heavy atom. The Balaban J connectivity index is 1.76. The third kappa shape index (κ3) is 4.45. The highest BCUT2D eigenvalue weighted by molar-refractivity contribution is 5.98. The molecule has 36 heavy (non-hydrogen) atoms. The Morgan fingerprint density at radius 1 is 1.33 bits per heavy atom. The summed E-state index contributed by atoms with van der Waals surface area (Å²) < 4.78 is 11.8. The molecule has 4 rings (SSSR count). The Bertz CT molecular complexity index is 968. The lowest BCUT2D eigenvalue weighted by Gasteiger charge is -2.39. The van der Waals surface area contributed by atoms with E-state index in [1.807, 2.05) is 30.3 Å². The minimum Gasteiger partial charge on any atom is -0.466 e. The maximum Gasteiger partial charge on any atom is 0.312 e. The first-order valence-corrected chi connectivity index (χ1v) is 13.1. The molecule has 8 nitrogen and oxygen atoms in total. The number of carbonyl (C=O) groups is 3. The van der Waals surface area contributed by atoms with Gasteiger partial charge in [0.15, 0.2) is 0 Å². The molecule has 2 unspecified atom stereocenters. The molecule has 8 heteroatoms. The molecule has 0 radical (unpaired) electrons. The van der Waals surface area contributed by atoms with Crippen molar-refractivity contribution in [2.24, 2.45) is 11.8 Å². The van der Waals surface area contributed by atoms with Gasteiger partial charge in [-0.05, 0) is 38.2 Å². The first kappa shape index (κ1) is 26.4. The van der Waals surface area contributed by atoms with Gasteiger partial charge in [-0.15, -0.1) is 6.58 Å². The molecule has 6 atom stereocenters. The van der Waals surface area contributed by atoms with E-state index in [0.29, 0.717) is 32.4 Å². The van der Waals surface area contributed by atoms with Gasteiger partial charge >= 0.3 is 5.97 Å². The maximum absolute atomic E-state index is 14.2. The molecule has 0 aromatic heterocycles. The van der Waals surface area contributed by atoms with Gasteiger partial charge < -0.3 is 24.4 Å². The molecular formula is C28H38N2O6. The summed E-state index contributed by atoms with van der Waals surface area (Å²) in [5.41, 5.74) is -0.155. The van der Waals surface area contributed by atoms with Gasteiger partial charge in [0.2, 0.25) is 11.8 Å². The SMILES string of the molecule is C=CCN(CCCC)C(=O)C1N([C@@H](CO)Cc2ccccc2)C(=O)[C@@H]2[C@@H](C(=O)OCC)[C@H]3CCC12O3. The van der Waals surface area contributed by atoms with Gasteiger partial charge in [0.1, 0.15) is 11.6 Å². The fourth-order valence-corrected chi connectivity index (χ4v) is 6.38. The fraction of sp³-hybridized carbons (Fsp3) is 0.607. The van der Waals surface area contributed by atoms with Crippen LogP contribution >= 0.6 is 0 Å². The Morgan fingerprint density at radius 3 is 2.72 bits per heavy atom. The molecule has 2 amide bonds. The van der Waals surface area contributed by atoms with Gasteiger partial charge in [0.05, 0.1) is 37.2 Å². The molecule has 1 aromatic rings. The van der Waals surface area contributed by atoms with E-state index < -0.39 is 41.6 Å². The first-order chi connectivity index (χ1) is 17.4. The summed E-state index contributed by atoms with van der Waals surface area (Å²) in [4.78, 5) is 44.6. The molecular weight excluding hydrogens is 460 g/mol. The van der Waals surface area contributed by atoms with Crippen molar-refractivity contribution < 1.29 is 29.0 Å². The number of unbranched alkanes of at least 4 members (excludes halogenated alkanes) is 1. The quantitative estimate of drug-likeness (QED) is 0.351. The second-order valence-corrected chi connectivity index (χ2v) is 10.0. The predicted octanol–water partition coefficient (Wildman–Crippen LogP) is 2.34. The van der Waals surface area contributed by atoms with E-state index in [2.05, 4.69) is 13.5 Å². The summed E-state index contributed by atoms with van der Waals surface area (Å²) in [5.74, 6) is -2.52. The lowest BCUT2D eigenvalue weighted by atomic mass is 9.70. The van der Waals surface area contributed by atoms with Crippen LogP contribution in [0.25, 0.3) is 0 Å². The van der Waals surface area contributed by atoms with Crippen LogP contribution in [0.1, 0.15) is 45.1 Å². The van der Waals surface area contributed by atoms with E-state index in [1.54, 1.807) is 17.9 Å². The Labute approximate surface area is 213 Å². The zero-order valence-corrected chi connectivity index (χ0v) is 21.3. The average Bonchev–Trinajstić information content (AvgIpc) is 3.53. The van der Waals surface area contributed by atoms with Crippen molar-refractivity contribution in [3.05, 3.63) is 48.6 Å². The lowest BCUT2D eigenvalue weighted by molar-refractivity contribution is -0.156. The molecule has 3 aliphatic rings. The number of benzene rings is 1. The van der Waals surface area contributed by atoms with Crippen LogP contribution in [-0.4, -0.2) is 82.8 Å². The Hall–Kier alpha value is -2.71. The highest BCUT2D eigenvalue weighted by atomic mass is 16.6. The predicted molar refractivity (Wildman–Crippen MR) is 134 cm³/mol. The van der Waals surface area contributed by atoms with Crippen molar-refractivity contribution in [1.29, 1.82) is 0 Å². The van der Waals surface area contributed by atoms with Crippen LogP contribution in [0, 0.1) is 11.8 Å². The summed E-state index contributed by atoms with van der Waals surface area (Å²) in [6.45, 7) is 8.40. The minimum atomic E-state index is -1.11. The number of hydrogen-bond donors (Lipinski definition) is 1. The average molecular weight is 499 g/mol. The number of nitrogens with zero attached hydrogens (tertiary/aromatic N) is 2. The van der Waals surface area contributed by atoms with E-state index in [4.69, 9.17) is 9.47 Å². The number of ether oxygens (including phenoxy) is 2. The molecule has 1 aromatic carbocycles. The van der Waals surface area contributed by atoms with Crippen molar-refractivity contribution in [3.8, 4) is 0 Å². The number of rotatable bonds is 12. The fourth-order valence-electron chi connectivity index (χ4n) is 6.38. The molecule has 3 aliphatic heterocycles. The topological polar surface area (TPSA) is 96.4 Å². The van der Waals surface area contributed by atoms with E-state index in [9.17, 15) is 19.5 Å². The summed E-state index contributed by atoms with van der Waals surface area (Å²) in [5, 5.41) is 10.5. The number of likely N-dealkylation sites (tertiary alicyclic amines) is 1. The molecule has 1 N–H and O–H groups in total. The smallest absolute Gasteiger partial charge is 0.312 e. The van der Waals surface area contributed by atoms with Crippen LogP contribution in [-0.2, 0) is 30.3 Å². The van der Waals surface area contributed by atoms with Crippen molar-refractivity contribution in [3.63, 3.8) is 0 Å². The molecule has 3 saturated heterocycles. The first-order valence-electron chi connectivity index (χ1n) is 13.1. The molecule has 3 fully saturated rings. The number of aliphatic hydroxyl groups is 1. The van der Waals surface area contributed by atoms with Gasteiger partial charge in [-0.25, -0.2) is 0 Å². The van der Waals surface area contributed by atoms with Crippen LogP contribution in [0.5, 0.6) is 0 Å². The highest BCUT2D eigenvalue weighted by Crippen LogP contribution is 2.59. The van der Waals surface area contributed by atoms with Gasteiger partial charge in [0.25, 0.3) is 0 Å². The summed E-state index contributed by atoms with van der Waals surface area (Å²) in [6.07, 6.45) is 4.46. The molecule has 3 heterocycles. The molecule has 196 valence electrons. The molecule has 0 saturated carbocycles. The highest BCUT2D eigenvalue weighted by Gasteiger charge is 2.75. The number of hydrogen-bond acceptors (Lipinski definition) is 6. The number of aliphatic hydroxyl groups excluding tert-OH is 1. The summed E-state index contributed by atoms with van der Waals surface area (Å²) >= 11 is 0. The summed E-state index contributed by atoms with van der Waals surface area (Å²) in [7, 11) is 0.